The highest BCUT2D eigenvalue weighted by atomic mass is 79.9. The number of nitriles is 1. The molecular formula is C73H56BBrClN17O2S4. The van der Waals surface area contributed by atoms with Crippen LogP contribution in [0.15, 0.2) is 212 Å². The van der Waals surface area contributed by atoms with Gasteiger partial charge in [0.05, 0.1) is 66.2 Å². The van der Waals surface area contributed by atoms with Crippen LogP contribution in [0.1, 0.15) is 25.2 Å². The molecule has 0 aliphatic heterocycles. The summed E-state index contributed by atoms with van der Waals surface area (Å²) in [6.45, 7) is 8.12. The molecule has 0 spiro atoms. The highest BCUT2D eigenvalue weighted by Gasteiger charge is 2.20. The maximum atomic E-state index is 9.29. The van der Waals surface area contributed by atoms with E-state index in [4.69, 9.17) is 44.6 Å². The fourth-order valence-electron chi connectivity index (χ4n) is 10.2. The molecule has 12 aromatic heterocycles. The number of nitrogen functional groups attached to an aromatic ring is 4. The maximum absolute atomic E-state index is 9.29. The van der Waals surface area contributed by atoms with Crippen molar-refractivity contribution in [2.45, 2.75) is 27.7 Å². The summed E-state index contributed by atoms with van der Waals surface area (Å²) in [6, 6.07) is 57.6. The molecule has 0 amide bonds. The summed E-state index contributed by atoms with van der Waals surface area (Å²) in [7, 11) is -1.30. The molecule has 0 fully saturated rings. The molecule has 0 saturated heterocycles. The SMILES string of the molecule is Cc1ccc(-c2nc(N)c(Br)nc2-c2ccc3ncccc3c2)s1.Cc1ccc(-c2nc(N)c(C#N)nc2-c2ccc3ncccc3c2)s1.Cc1ccc(-c2nc(N)cnc2-c2ccc3ncccc3c2)s1.Cc1ccc(B(O)O)s1.Nc1cnc(-c2ccc3ncccc3c2)c(Cl)n1. The molecule has 10 N–H and O–H groups in total. The van der Waals surface area contributed by atoms with Crippen molar-refractivity contribution in [3.8, 4) is 82.8 Å². The molecule has 0 unspecified atom stereocenters. The fourth-order valence-corrected chi connectivity index (χ4v) is 14.1. The van der Waals surface area contributed by atoms with E-state index in [0.717, 1.165) is 108 Å². The Bertz CT molecular complexity index is 5670. The van der Waals surface area contributed by atoms with Crippen LogP contribution in [0.5, 0.6) is 0 Å². The minimum Gasteiger partial charge on any atom is -0.423 e. The van der Waals surface area contributed by atoms with Crippen LogP contribution < -0.4 is 27.7 Å². The first-order chi connectivity index (χ1) is 47.9. The summed E-state index contributed by atoms with van der Waals surface area (Å²) in [6.07, 6.45) is 10.2. The number of anilines is 4. The van der Waals surface area contributed by atoms with Crippen LogP contribution in [0.25, 0.3) is 120 Å². The van der Waals surface area contributed by atoms with Crippen LogP contribution in [-0.4, -0.2) is 77.0 Å². The molecule has 26 heteroatoms. The molecule has 0 radical (unpaired) electrons. The number of rotatable bonds is 8. The second-order valence-electron chi connectivity index (χ2n) is 22.0. The van der Waals surface area contributed by atoms with Gasteiger partial charge in [-0.05, 0) is 159 Å². The van der Waals surface area contributed by atoms with Crippen LogP contribution in [-0.2, 0) is 0 Å². The van der Waals surface area contributed by atoms with Crippen molar-refractivity contribution in [3.05, 3.63) is 242 Å². The van der Waals surface area contributed by atoms with Gasteiger partial charge in [-0.2, -0.15) is 5.26 Å². The zero-order chi connectivity index (χ0) is 69.3. The van der Waals surface area contributed by atoms with Gasteiger partial charge in [0.15, 0.2) is 22.5 Å². The number of fused-ring (bicyclic) bond motifs is 4. The molecule has 99 heavy (non-hydrogen) atoms. The Morgan fingerprint density at radius 3 is 1.16 bits per heavy atom. The molecule has 4 aromatic carbocycles. The monoisotopic (exact) mass is 1460 g/mol. The molecule has 0 bridgehead atoms. The zero-order valence-electron chi connectivity index (χ0n) is 53.1. The number of nitrogens with two attached hydrogens (primary N) is 4. The van der Waals surface area contributed by atoms with E-state index in [-0.39, 0.29) is 11.5 Å². The number of hydrogen-bond acceptors (Lipinski definition) is 23. The van der Waals surface area contributed by atoms with Crippen molar-refractivity contribution in [2.24, 2.45) is 0 Å². The average Bonchev–Trinajstić information content (AvgIpc) is 1.76. The molecule has 19 nitrogen and oxygen atoms in total. The van der Waals surface area contributed by atoms with Crippen LogP contribution >= 0.6 is 72.9 Å². The third kappa shape index (κ3) is 16.2. The molecule has 0 saturated carbocycles. The van der Waals surface area contributed by atoms with E-state index in [1.807, 2.05) is 147 Å². The lowest BCUT2D eigenvalue weighted by Gasteiger charge is -2.10. The molecule has 0 aliphatic carbocycles. The number of aromatic nitrogens is 12. The van der Waals surface area contributed by atoms with E-state index in [1.165, 1.54) is 32.2 Å². The maximum Gasteiger partial charge on any atom is 0.499 e. The summed E-state index contributed by atoms with van der Waals surface area (Å²) in [4.78, 5) is 60.6. The van der Waals surface area contributed by atoms with Crippen molar-refractivity contribution in [1.29, 1.82) is 5.26 Å². The Morgan fingerprint density at radius 2 is 0.778 bits per heavy atom. The predicted molar refractivity (Wildman–Crippen MR) is 409 cm³/mol. The minimum absolute atomic E-state index is 0.137. The molecule has 0 atom stereocenters. The van der Waals surface area contributed by atoms with E-state index in [2.05, 4.69) is 126 Å². The Kier molecular flexibility index (Phi) is 21.1. The first kappa shape index (κ1) is 68.0. The number of halogens is 2. The Labute approximate surface area is 597 Å². The molecule has 16 rings (SSSR count). The van der Waals surface area contributed by atoms with Gasteiger partial charge in [-0.25, -0.2) is 34.9 Å². The molecule has 16 aromatic rings. The lowest BCUT2D eigenvalue weighted by molar-refractivity contribution is 0.427. The molecule has 0 aliphatic rings. The smallest absolute Gasteiger partial charge is 0.423 e. The Morgan fingerprint density at radius 1 is 0.404 bits per heavy atom. The molecule has 486 valence electrons. The van der Waals surface area contributed by atoms with Crippen molar-refractivity contribution < 1.29 is 10.0 Å². The summed E-state index contributed by atoms with van der Waals surface area (Å²) >= 11 is 15.8. The van der Waals surface area contributed by atoms with Crippen molar-refractivity contribution in [1.82, 2.24) is 59.8 Å². The standard InChI is InChI=1S/C19H13N5S.C18H13BrN4S.C18H14N4S.C13H9ClN4.C5H7BO2S/c1-11-4-7-16(25-11)18-17(23-15(10-20)19(21)24-18)13-5-6-14-12(9-13)3-2-8-22-14;1-10-4-7-14(24-10)16-15(22-17(19)18(20)23-16)12-5-6-13-11(9-12)3-2-8-21-13;1-11-4-7-15(23-11)18-17(21-10-16(19)22-18)13-5-6-14-12(9-13)3-2-8-20-14;14-13-12(17-7-11(15)18-13)9-3-4-10-8(6-9)2-1-5-16-10;1-4-2-3-5(9-4)6(7)8/h2-9H,1H3,(H2,21,24);2-9H,1H3,(H2,20,23);2-10H,1H3,(H2,19,22);1-7H,(H2,15,18);2-3,7-8H,1H3. The number of thiophene rings is 4. The molecule has 12 heterocycles. The number of hydrogen-bond donors (Lipinski definition) is 6. The second kappa shape index (κ2) is 30.7. The summed E-state index contributed by atoms with van der Waals surface area (Å²) in [5, 5.41) is 31.0. The van der Waals surface area contributed by atoms with E-state index >= 15 is 0 Å². The highest BCUT2D eigenvalue weighted by Crippen LogP contribution is 2.39. The van der Waals surface area contributed by atoms with Crippen molar-refractivity contribution in [2.75, 3.05) is 22.9 Å². The minimum atomic E-state index is -1.30. The predicted octanol–water partition coefficient (Wildman–Crippen LogP) is 16.2. The Balaban J connectivity index is 0.000000121. The second-order valence-corrected chi connectivity index (χ2v) is 28.3. The number of nitrogens with zero attached hydrogens (tertiary/aromatic N) is 13. The lowest BCUT2D eigenvalue weighted by atomic mass is 9.90. The number of benzene rings is 4. The number of pyridine rings is 4. The topological polar surface area (TPSA) is 323 Å². The largest absolute Gasteiger partial charge is 0.499 e. The van der Waals surface area contributed by atoms with Crippen molar-refractivity contribution in [3.63, 3.8) is 0 Å². The van der Waals surface area contributed by atoms with E-state index in [0.29, 0.717) is 49.1 Å². The zero-order valence-corrected chi connectivity index (χ0v) is 58.7. The Hall–Kier alpha value is -10.9. The third-order valence-electron chi connectivity index (χ3n) is 14.9. The quantitative estimate of drug-likeness (QED) is 0.0770. The van der Waals surface area contributed by atoms with Gasteiger partial charge in [0.1, 0.15) is 45.1 Å². The van der Waals surface area contributed by atoms with E-state index < -0.39 is 7.12 Å². The van der Waals surface area contributed by atoms with Crippen LogP contribution in [0.4, 0.5) is 23.3 Å². The van der Waals surface area contributed by atoms with Gasteiger partial charge in [-0.15, -0.1) is 45.3 Å². The lowest BCUT2D eigenvalue weighted by Crippen LogP contribution is -2.26. The molecular weight excluding hydrogens is 1400 g/mol. The van der Waals surface area contributed by atoms with Crippen molar-refractivity contribution >= 4 is 152 Å². The third-order valence-corrected chi connectivity index (χ3v) is 19.8. The van der Waals surface area contributed by atoms with Gasteiger partial charge in [0.25, 0.3) is 0 Å². The van der Waals surface area contributed by atoms with Crippen LogP contribution in [0.3, 0.4) is 0 Å². The summed E-state index contributed by atoms with van der Waals surface area (Å²) < 4.78 is 1.16. The van der Waals surface area contributed by atoms with Gasteiger partial charge in [-0.1, -0.05) is 66.2 Å². The normalized spacial score (nSPS) is 10.8. The highest BCUT2D eigenvalue weighted by molar-refractivity contribution is 9.10. The van der Waals surface area contributed by atoms with Crippen LogP contribution in [0, 0.1) is 39.0 Å². The van der Waals surface area contributed by atoms with Gasteiger partial charge >= 0.3 is 7.12 Å². The summed E-state index contributed by atoms with van der Waals surface area (Å²) in [5.41, 5.74) is 36.2. The van der Waals surface area contributed by atoms with E-state index in [9.17, 15) is 5.26 Å². The van der Waals surface area contributed by atoms with E-state index in [1.54, 1.807) is 71.1 Å². The first-order valence-electron chi connectivity index (χ1n) is 30.3. The average molecular weight is 1460 g/mol. The van der Waals surface area contributed by atoms with Gasteiger partial charge < -0.3 is 33.0 Å². The fraction of sp³-hybridized carbons (Fsp3) is 0.0548. The van der Waals surface area contributed by atoms with Gasteiger partial charge in [0, 0.05) is 92.9 Å². The van der Waals surface area contributed by atoms with Crippen LogP contribution in [0.2, 0.25) is 5.15 Å². The first-order valence-corrected chi connectivity index (χ1v) is 34.7. The summed E-state index contributed by atoms with van der Waals surface area (Å²) in [5.74, 6) is 1.28. The van der Waals surface area contributed by atoms with Gasteiger partial charge in [0.2, 0.25) is 0 Å². The number of aryl methyl sites for hydroxylation is 4. The van der Waals surface area contributed by atoms with Gasteiger partial charge in [-0.3, -0.25) is 24.9 Å².